The van der Waals surface area contributed by atoms with Crippen LogP contribution in [0.1, 0.15) is 23.4 Å². The molecule has 1 aromatic heterocycles. The van der Waals surface area contributed by atoms with Crippen LogP contribution in [0.2, 0.25) is 0 Å². The number of likely N-dealkylation sites (N-methyl/N-ethyl adjacent to an activating group) is 1. The molecular weight excluding hydrogens is 353 g/mol. The first-order chi connectivity index (χ1) is 12.0. The fourth-order valence-electron chi connectivity index (χ4n) is 3.20. The number of carboxylic acids is 1. The Morgan fingerprint density at radius 2 is 1.96 bits per heavy atom. The lowest BCUT2D eigenvalue weighted by atomic mass is 9.80. The van der Waals surface area contributed by atoms with Crippen LogP contribution < -0.4 is 4.90 Å². The van der Waals surface area contributed by atoms with Crippen molar-refractivity contribution in [3.05, 3.63) is 17.0 Å². The molecule has 1 unspecified atom stereocenters. The summed E-state index contributed by atoms with van der Waals surface area (Å²) in [4.78, 5) is 22.7. The Morgan fingerprint density at radius 1 is 1.35 bits per heavy atom. The van der Waals surface area contributed by atoms with Gasteiger partial charge in [-0.15, -0.1) is 0 Å². The molecule has 2 aliphatic heterocycles. The van der Waals surface area contributed by atoms with Gasteiger partial charge in [-0.3, -0.25) is 0 Å². The zero-order valence-corrected chi connectivity index (χ0v) is 15.2. The molecule has 0 saturated carbocycles. The maximum absolute atomic E-state index is 10.6. The molecule has 26 heavy (non-hydrogen) atoms. The first kappa shape index (κ1) is 20.4. The number of hydrogen-bond donors (Lipinski definition) is 1. The molecule has 7 nitrogen and oxygen atoms in total. The molecule has 1 spiro atoms. The summed E-state index contributed by atoms with van der Waals surface area (Å²) in [7, 11) is 6.16. The van der Waals surface area contributed by atoms with Gasteiger partial charge in [-0.25, -0.2) is 14.8 Å². The first-order valence-corrected chi connectivity index (χ1v) is 8.08. The summed E-state index contributed by atoms with van der Waals surface area (Å²) < 4.78 is 37.6. The summed E-state index contributed by atoms with van der Waals surface area (Å²) in [5, 5.41) is 7.12. The molecule has 10 heteroatoms. The van der Waals surface area contributed by atoms with E-state index < -0.39 is 12.1 Å². The van der Waals surface area contributed by atoms with E-state index in [2.05, 4.69) is 23.9 Å². The molecule has 0 amide bonds. The van der Waals surface area contributed by atoms with Crippen LogP contribution in [0, 0.1) is 6.92 Å². The average molecular weight is 376 g/mol. The number of rotatable bonds is 1. The van der Waals surface area contributed by atoms with Crippen molar-refractivity contribution in [2.75, 3.05) is 45.7 Å². The van der Waals surface area contributed by atoms with Crippen molar-refractivity contribution in [2.45, 2.75) is 31.5 Å². The highest BCUT2D eigenvalue weighted by Gasteiger charge is 2.44. The van der Waals surface area contributed by atoms with Crippen molar-refractivity contribution in [3.8, 4) is 0 Å². The monoisotopic (exact) mass is 376 g/mol. The third-order valence-corrected chi connectivity index (χ3v) is 4.52. The number of aliphatic carboxylic acids is 1. The van der Waals surface area contributed by atoms with Crippen LogP contribution in [0.3, 0.4) is 0 Å². The van der Waals surface area contributed by atoms with E-state index in [1.54, 1.807) is 0 Å². The van der Waals surface area contributed by atoms with E-state index >= 15 is 0 Å². The van der Waals surface area contributed by atoms with Crippen LogP contribution in [0.15, 0.2) is 0 Å². The molecule has 2 aliphatic rings. The van der Waals surface area contributed by atoms with Gasteiger partial charge in [-0.2, -0.15) is 13.2 Å². The van der Waals surface area contributed by atoms with Crippen molar-refractivity contribution in [3.63, 3.8) is 0 Å². The molecule has 1 aromatic rings. The summed E-state index contributed by atoms with van der Waals surface area (Å²) >= 11 is 0. The molecule has 0 bridgehead atoms. The third kappa shape index (κ3) is 4.24. The Balaban J connectivity index is 0.000000298. The lowest BCUT2D eigenvalue weighted by Gasteiger charge is -2.35. The number of nitrogens with zero attached hydrogens (tertiary/aromatic N) is 4. The van der Waals surface area contributed by atoms with Gasteiger partial charge in [0, 0.05) is 31.9 Å². The van der Waals surface area contributed by atoms with Crippen molar-refractivity contribution in [2.24, 2.45) is 0 Å². The topological polar surface area (TPSA) is 78.8 Å². The maximum atomic E-state index is 10.6. The summed E-state index contributed by atoms with van der Waals surface area (Å²) in [6.45, 7) is 5.65. The minimum atomic E-state index is -5.08. The molecule has 3 rings (SSSR count). The van der Waals surface area contributed by atoms with Gasteiger partial charge in [0.25, 0.3) is 0 Å². The highest BCUT2D eigenvalue weighted by Crippen LogP contribution is 2.39. The number of alkyl halides is 3. The SMILES string of the molecule is Cc1nc(N(C)C)nc2c1COCC21CCN(C)C1.O=C(O)C(F)(F)F. The van der Waals surface area contributed by atoms with Crippen LogP contribution >= 0.6 is 0 Å². The summed E-state index contributed by atoms with van der Waals surface area (Å²) in [5.74, 6) is -1.94. The van der Waals surface area contributed by atoms with Gasteiger partial charge in [0.2, 0.25) is 5.95 Å². The Morgan fingerprint density at radius 3 is 2.42 bits per heavy atom. The molecule has 1 fully saturated rings. The second kappa shape index (κ2) is 7.36. The lowest BCUT2D eigenvalue weighted by molar-refractivity contribution is -0.192. The smallest absolute Gasteiger partial charge is 0.475 e. The molecule has 0 aromatic carbocycles. The minimum absolute atomic E-state index is 0.0702. The third-order valence-electron chi connectivity index (χ3n) is 4.52. The number of likely N-dealkylation sites (tertiary alicyclic amines) is 1. The van der Waals surface area contributed by atoms with E-state index in [0.29, 0.717) is 6.61 Å². The normalized spacial score (nSPS) is 22.6. The van der Waals surface area contributed by atoms with E-state index in [4.69, 9.17) is 19.6 Å². The molecule has 1 N–H and O–H groups in total. The van der Waals surface area contributed by atoms with Crippen LogP contribution in [0.25, 0.3) is 0 Å². The standard InChI is InChI=1S/C14H22N4O.C2HF3O2/c1-10-11-7-19-9-14(5-6-18(4)8-14)12(11)16-13(15-10)17(2)3;3-2(4,5)1(6)7/h5-9H2,1-4H3;(H,6,7). The Bertz CT molecular complexity index is 681. The zero-order valence-electron chi connectivity index (χ0n) is 15.2. The van der Waals surface area contributed by atoms with Gasteiger partial charge in [0.1, 0.15) is 0 Å². The summed E-state index contributed by atoms with van der Waals surface area (Å²) in [5.41, 5.74) is 3.55. The lowest BCUT2D eigenvalue weighted by Crippen LogP contribution is -2.40. The molecule has 0 radical (unpaired) electrons. The molecule has 146 valence electrons. The second-order valence-electron chi connectivity index (χ2n) is 6.89. The quantitative estimate of drug-likeness (QED) is 0.797. The number of fused-ring (bicyclic) bond motifs is 2. The highest BCUT2D eigenvalue weighted by atomic mass is 19.4. The minimum Gasteiger partial charge on any atom is -0.475 e. The number of carbonyl (C=O) groups is 1. The van der Waals surface area contributed by atoms with Gasteiger partial charge >= 0.3 is 12.1 Å². The van der Waals surface area contributed by atoms with Crippen molar-refractivity contribution in [1.29, 1.82) is 0 Å². The predicted molar refractivity (Wildman–Crippen MR) is 88.2 cm³/mol. The van der Waals surface area contributed by atoms with E-state index in [1.165, 1.54) is 11.3 Å². The Kier molecular flexibility index (Phi) is 5.76. The fraction of sp³-hybridized carbons (Fsp3) is 0.688. The van der Waals surface area contributed by atoms with Gasteiger partial charge < -0.3 is 19.6 Å². The second-order valence-corrected chi connectivity index (χ2v) is 6.89. The molecule has 3 heterocycles. The number of aryl methyl sites for hydroxylation is 1. The number of ether oxygens (including phenoxy) is 1. The number of carboxylic acid groups (broad SMARTS) is 1. The van der Waals surface area contributed by atoms with Gasteiger partial charge in [-0.1, -0.05) is 0 Å². The summed E-state index contributed by atoms with van der Waals surface area (Å²) in [6, 6.07) is 0. The number of aromatic nitrogens is 2. The van der Waals surface area contributed by atoms with E-state index in [0.717, 1.165) is 37.8 Å². The Hall–Kier alpha value is -1.94. The zero-order chi connectivity index (χ0) is 19.7. The largest absolute Gasteiger partial charge is 0.490 e. The first-order valence-electron chi connectivity index (χ1n) is 8.08. The highest BCUT2D eigenvalue weighted by molar-refractivity contribution is 5.73. The van der Waals surface area contributed by atoms with Crippen molar-refractivity contribution < 1.29 is 27.8 Å². The molecule has 1 atom stereocenters. The predicted octanol–water partition coefficient (Wildman–Crippen LogP) is 1.59. The number of halogens is 3. The fourth-order valence-corrected chi connectivity index (χ4v) is 3.20. The van der Waals surface area contributed by atoms with E-state index in [9.17, 15) is 13.2 Å². The van der Waals surface area contributed by atoms with Crippen LogP contribution in [0.4, 0.5) is 19.1 Å². The molecular formula is C16H23F3N4O3. The number of hydrogen-bond acceptors (Lipinski definition) is 6. The van der Waals surface area contributed by atoms with Crippen LogP contribution in [0.5, 0.6) is 0 Å². The van der Waals surface area contributed by atoms with E-state index in [1.807, 2.05) is 19.0 Å². The molecule has 0 aliphatic carbocycles. The van der Waals surface area contributed by atoms with E-state index in [-0.39, 0.29) is 5.41 Å². The van der Waals surface area contributed by atoms with Crippen molar-refractivity contribution in [1.82, 2.24) is 14.9 Å². The molecule has 1 saturated heterocycles. The number of anilines is 1. The Labute approximate surface area is 149 Å². The van der Waals surface area contributed by atoms with Crippen LogP contribution in [-0.2, 0) is 21.6 Å². The average Bonchev–Trinajstić information content (AvgIpc) is 2.89. The van der Waals surface area contributed by atoms with Gasteiger partial charge in [0.05, 0.1) is 24.3 Å². The summed E-state index contributed by atoms with van der Waals surface area (Å²) in [6.07, 6.45) is -3.96. The van der Waals surface area contributed by atoms with Crippen LogP contribution in [-0.4, -0.2) is 73.0 Å². The van der Waals surface area contributed by atoms with Crippen molar-refractivity contribution >= 4 is 11.9 Å². The van der Waals surface area contributed by atoms with Gasteiger partial charge in [-0.05, 0) is 26.9 Å². The van der Waals surface area contributed by atoms with Gasteiger partial charge in [0.15, 0.2) is 0 Å². The maximum Gasteiger partial charge on any atom is 0.490 e.